The number of carbonyl (C=O) groups is 2. The molecular formula is C20H22BrNO3S2. The van der Waals surface area contributed by atoms with E-state index >= 15 is 0 Å². The van der Waals surface area contributed by atoms with Crippen LogP contribution in [0.4, 0.5) is 0 Å². The standard InChI is InChI=1S/C20H22NO3S2.BrH/c1-3-24-19(23)18(21-13-9-6-10-14-21)20(25-4-2)26-15-17(22)16-11-7-5-8-12-16;/h5-14H,3-4,15H2,1-2H3;1H/q+1;/p-1/b20-18-;. The average Bonchev–Trinajstić information content (AvgIpc) is 2.68. The smallest absolute Gasteiger partial charge is 0.405 e. The highest BCUT2D eigenvalue weighted by Gasteiger charge is 2.28. The second-order valence-electron chi connectivity index (χ2n) is 5.15. The topological polar surface area (TPSA) is 47.3 Å². The Hall–Kier alpha value is -1.57. The molecule has 0 N–H and O–H groups in total. The fraction of sp³-hybridized carbons (Fsp3) is 0.250. The van der Waals surface area contributed by atoms with Gasteiger partial charge >= 0.3 is 11.7 Å². The average molecular weight is 468 g/mol. The van der Waals surface area contributed by atoms with Crippen LogP contribution in [0.5, 0.6) is 0 Å². The first-order valence-electron chi connectivity index (χ1n) is 8.39. The molecule has 4 nitrogen and oxygen atoms in total. The van der Waals surface area contributed by atoms with Crippen molar-refractivity contribution >= 4 is 41.0 Å². The van der Waals surface area contributed by atoms with Crippen molar-refractivity contribution in [3.05, 3.63) is 70.7 Å². The molecule has 1 aromatic carbocycles. The Morgan fingerprint density at radius 2 is 1.59 bits per heavy atom. The van der Waals surface area contributed by atoms with Crippen LogP contribution >= 0.6 is 23.5 Å². The van der Waals surface area contributed by atoms with E-state index in [1.165, 1.54) is 23.5 Å². The van der Waals surface area contributed by atoms with Gasteiger partial charge in [-0.3, -0.25) is 4.79 Å². The van der Waals surface area contributed by atoms with E-state index in [9.17, 15) is 9.59 Å². The van der Waals surface area contributed by atoms with Crippen LogP contribution in [0.3, 0.4) is 0 Å². The molecule has 0 aliphatic carbocycles. The third kappa shape index (κ3) is 7.16. The number of thioether (sulfide) groups is 2. The summed E-state index contributed by atoms with van der Waals surface area (Å²) in [6.07, 6.45) is 3.62. The Kier molecular flexibility index (Phi) is 11.1. The highest BCUT2D eigenvalue weighted by molar-refractivity contribution is 8.22. The molecule has 0 aliphatic heterocycles. The van der Waals surface area contributed by atoms with Gasteiger partial charge in [-0.15, -0.1) is 23.5 Å². The van der Waals surface area contributed by atoms with E-state index in [1.54, 1.807) is 23.6 Å². The summed E-state index contributed by atoms with van der Waals surface area (Å²) in [5.41, 5.74) is 1.12. The number of ether oxygens (including phenoxy) is 1. The molecule has 0 saturated heterocycles. The number of pyridine rings is 1. The van der Waals surface area contributed by atoms with E-state index in [2.05, 4.69) is 0 Å². The lowest BCUT2D eigenvalue weighted by atomic mass is 10.2. The van der Waals surface area contributed by atoms with Crippen molar-refractivity contribution in [2.45, 2.75) is 13.8 Å². The second kappa shape index (κ2) is 12.8. The highest BCUT2D eigenvalue weighted by Crippen LogP contribution is 2.32. The van der Waals surface area contributed by atoms with Crippen molar-refractivity contribution in [1.82, 2.24) is 0 Å². The Morgan fingerprint density at radius 1 is 0.963 bits per heavy atom. The van der Waals surface area contributed by atoms with Crippen molar-refractivity contribution < 1.29 is 35.9 Å². The number of aromatic nitrogens is 1. The number of ketones is 1. The summed E-state index contributed by atoms with van der Waals surface area (Å²) in [5, 5.41) is 0. The first kappa shape index (κ1) is 23.5. The summed E-state index contributed by atoms with van der Waals surface area (Å²) in [6.45, 7) is 4.10. The third-order valence-corrected chi connectivity index (χ3v) is 5.65. The molecule has 0 radical (unpaired) electrons. The van der Waals surface area contributed by atoms with Gasteiger partial charge in [0.15, 0.2) is 18.2 Å². The normalized spacial score (nSPS) is 11.2. The minimum atomic E-state index is -0.390. The molecule has 0 amide bonds. The first-order chi connectivity index (χ1) is 12.7. The van der Waals surface area contributed by atoms with Crippen molar-refractivity contribution in [2.75, 3.05) is 18.1 Å². The summed E-state index contributed by atoms with van der Waals surface area (Å²) >= 11 is 2.92. The van der Waals surface area contributed by atoms with Gasteiger partial charge in [0.1, 0.15) is 4.24 Å². The molecule has 0 saturated carbocycles. The number of hydrogen-bond acceptors (Lipinski definition) is 5. The van der Waals surface area contributed by atoms with Crippen LogP contribution in [0.25, 0.3) is 5.70 Å². The zero-order valence-corrected chi connectivity index (χ0v) is 18.5. The van der Waals surface area contributed by atoms with E-state index < -0.39 is 0 Å². The molecule has 1 heterocycles. The molecule has 2 aromatic rings. The monoisotopic (exact) mass is 467 g/mol. The predicted molar refractivity (Wildman–Crippen MR) is 108 cm³/mol. The molecule has 7 heteroatoms. The summed E-state index contributed by atoms with van der Waals surface area (Å²) < 4.78 is 7.78. The molecule has 0 fully saturated rings. The van der Waals surface area contributed by atoms with Crippen LogP contribution in [0.15, 0.2) is 65.2 Å². The lowest BCUT2D eigenvalue weighted by molar-refractivity contribution is -0.578. The maximum atomic E-state index is 12.6. The number of esters is 1. The molecular weight excluding hydrogens is 446 g/mol. The van der Waals surface area contributed by atoms with Crippen LogP contribution in [-0.2, 0) is 9.53 Å². The van der Waals surface area contributed by atoms with Gasteiger partial charge in [-0.2, -0.15) is 4.57 Å². The first-order valence-corrected chi connectivity index (χ1v) is 10.4. The molecule has 0 unspecified atom stereocenters. The zero-order valence-electron chi connectivity index (χ0n) is 15.3. The third-order valence-electron chi connectivity index (χ3n) is 3.34. The number of halogens is 1. The minimum Gasteiger partial charge on any atom is -1.00 e. The number of carbonyl (C=O) groups excluding carboxylic acids is 2. The Morgan fingerprint density at radius 3 is 2.19 bits per heavy atom. The summed E-state index contributed by atoms with van der Waals surface area (Å²) in [5.74, 6) is 0.700. The van der Waals surface area contributed by atoms with Crippen LogP contribution < -0.4 is 21.5 Å². The second-order valence-corrected chi connectivity index (χ2v) is 7.67. The number of rotatable bonds is 9. The van der Waals surface area contributed by atoms with Gasteiger partial charge < -0.3 is 21.7 Å². The van der Waals surface area contributed by atoms with E-state index in [0.717, 1.165) is 9.99 Å². The molecule has 27 heavy (non-hydrogen) atoms. The van der Waals surface area contributed by atoms with E-state index in [4.69, 9.17) is 4.74 Å². The fourth-order valence-electron chi connectivity index (χ4n) is 2.19. The summed E-state index contributed by atoms with van der Waals surface area (Å²) in [6, 6.07) is 14.8. The van der Waals surface area contributed by atoms with Gasteiger partial charge in [-0.05, 0) is 12.7 Å². The van der Waals surface area contributed by atoms with Crippen LogP contribution in [0.2, 0.25) is 0 Å². The van der Waals surface area contributed by atoms with Crippen LogP contribution in [0, 0.1) is 0 Å². The summed E-state index contributed by atoms with van der Waals surface area (Å²) in [4.78, 5) is 25.0. The molecule has 0 spiro atoms. The highest BCUT2D eigenvalue weighted by atomic mass is 79.9. The minimum absolute atomic E-state index is 0. The largest absolute Gasteiger partial charge is 1.00 e. The molecule has 1 aromatic heterocycles. The van der Waals surface area contributed by atoms with Crippen molar-refractivity contribution in [1.29, 1.82) is 0 Å². The Bertz CT molecular complexity index is 767. The number of benzene rings is 1. The van der Waals surface area contributed by atoms with Gasteiger partial charge in [-0.1, -0.05) is 43.3 Å². The van der Waals surface area contributed by atoms with Gasteiger partial charge in [0.05, 0.1) is 12.4 Å². The lowest BCUT2D eigenvalue weighted by Gasteiger charge is -2.09. The van der Waals surface area contributed by atoms with E-state index in [-0.39, 0.29) is 34.5 Å². The SMILES string of the molecule is CCOC(=O)/C(=C(\SCC)SCC(=O)c1ccccc1)[n+]1ccccc1.[Br-]. The number of Topliss-reactive ketones (excluding diaryl/α,β-unsaturated/α-hetero) is 1. The maximum absolute atomic E-state index is 12.6. The number of hydrogen-bond donors (Lipinski definition) is 0. The van der Waals surface area contributed by atoms with Crippen molar-refractivity contribution in [2.24, 2.45) is 0 Å². The molecule has 0 aliphatic rings. The van der Waals surface area contributed by atoms with Gasteiger partial charge in [0.2, 0.25) is 0 Å². The van der Waals surface area contributed by atoms with Gasteiger partial charge in [0, 0.05) is 17.7 Å². The summed E-state index contributed by atoms with van der Waals surface area (Å²) in [7, 11) is 0. The Labute approximate surface area is 179 Å². The quantitative estimate of drug-likeness (QED) is 0.238. The lowest BCUT2D eigenvalue weighted by Crippen LogP contribution is -3.00. The van der Waals surface area contributed by atoms with Gasteiger partial charge in [-0.25, -0.2) is 4.79 Å². The maximum Gasteiger partial charge on any atom is 0.405 e. The van der Waals surface area contributed by atoms with Gasteiger partial charge in [0.25, 0.3) is 0 Å². The van der Waals surface area contributed by atoms with Crippen LogP contribution in [-0.4, -0.2) is 29.9 Å². The number of nitrogens with zero attached hydrogens (tertiary/aromatic N) is 1. The van der Waals surface area contributed by atoms with E-state index in [1.807, 2.05) is 55.7 Å². The zero-order chi connectivity index (χ0) is 18.8. The predicted octanol–water partition coefficient (Wildman–Crippen LogP) is 1.04. The Balaban J connectivity index is 0.00000364. The van der Waals surface area contributed by atoms with E-state index in [0.29, 0.717) is 17.9 Å². The van der Waals surface area contributed by atoms with Crippen LogP contribution in [0.1, 0.15) is 24.2 Å². The fourth-order valence-corrected chi connectivity index (χ4v) is 4.39. The molecule has 0 atom stereocenters. The molecule has 0 bridgehead atoms. The van der Waals surface area contributed by atoms with Crippen molar-refractivity contribution in [3.8, 4) is 0 Å². The molecule has 2 rings (SSSR count). The van der Waals surface area contributed by atoms with Crippen molar-refractivity contribution in [3.63, 3.8) is 0 Å². The molecule has 144 valence electrons.